The lowest BCUT2D eigenvalue weighted by molar-refractivity contribution is 0.0698. The van der Waals surface area contributed by atoms with E-state index < -0.39 is 32.1 Å². The van der Waals surface area contributed by atoms with E-state index >= 15 is 0 Å². The minimum atomic E-state index is -3.67. The Morgan fingerprint density at radius 1 is 0.762 bits per heavy atom. The molecule has 5 N–H and O–H groups in total. The zero-order valence-electron chi connectivity index (χ0n) is 23.1. The topological polar surface area (TPSA) is 202 Å². The molecule has 0 spiro atoms. The average molecular weight is 624 g/mol. The summed E-state index contributed by atoms with van der Waals surface area (Å²) in [5.41, 5.74) is 2.78. The third kappa shape index (κ3) is 12.2. The number of rotatable bonds is 5. The van der Waals surface area contributed by atoms with Gasteiger partial charge in [0.2, 0.25) is 0 Å². The normalized spacial score (nSPS) is 13.6. The number of nitrogens with zero attached hydrogens (tertiary/aromatic N) is 2. The number of carbonyl (C=O) groups is 2. The number of aromatic hydroxyl groups is 1. The Kier molecular flexibility index (Phi) is 12.0. The quantitative estimate of drug-likeness (QED) is 0.261. The standard InChI is InChI=1S/C25H25N3O4.2CH4O3S/c1-27-11-13-28(14-12-27)19-8-10-23(29)21(16-19)24(30)26-22-15-18(7-9-20(22)25(31)32)17-5-3-2-4-6-17;2*1-5(2,3)4/h2-10,15-16,29H,11-14H2,1H3,(H,26,30)(H,31,32);2*1H3,(H,2,3,4). The van der Waals surface area contributed by atoms with Gasteiger partial charge in [0, 0.05) is 31.9 Å². The molecule has 1 saturated heterocycles. The Hall–Kier alpha value is -4.02. The SMILES string of the molecule is CN1CCN(c2ccc(O)c(C(=O)Nc3cc(-c4ccccc4)ccc3C(=O)O)c2)CC1.CS(=O)(=O)O.CS(=O)(=O)O. The number of carboxylic acid groups (broad SMARTS) is 1. The van der Waals surface area contributed by atoms with Crippen molar-refractivity contribution in [3.63, 3.8) is 0 Å². The van der Waals surface area contributed by atoms with E-state index in [1.54, 1.807) is 24.3 Å². The van der Waals surface area contributed by atoms with E-state index in [0.29, 0.717) is 12.5 Å². The highest BCUT2D eigenvalue weighted by atomic mass is 32.2. The first-order valence-corrected chi connectivity index (χ1v) is 16.0. The van der Waals surface area contributed by atoms with Crippen molar-refractivity contribution >= 4 is 43.5 Å². The minimum absolute atomic E-state index is 0.0206. The fourth-order valence-electron chi connectivity index (χ4n) is 3.80. The summed E-state index contributed by atoms with van der Waals surface area (Å²) in [6.07, 6.45) is 1.43. The average Bonchev–Trinajstić information content (AvgIpc) is 2.88. The summed E-state index contributed by atoms with van der Waals surface area (Å²) in [5.74, 6) is -1.86. The molecule has 0 bridgehead atoms. The van der Waals surface area contributed by atoms with Crippen molar-refractivity contribution in [1.29, 1.82) is 0 Å². The second-order valence-corrected chi connectivity index (χ2v) is 12.3. The maximum Gasteiger partial charge on any atom is 0.337 e. The number of nitrogens with one attached hydrogen (secondary N) is 1. The molecule has 1 aliphatic rings. The number of carboxylic acids is 1. The van der Waals surface area contributed by atoms with E-state index in [1.807, 2.05) is 30.3 Å². The molecule has 1 fully saturated rings. The van der Waals surface area contributed by atoms with Crippen LogP contribution in [0.15, 0.2) is 66.7 Å². The number of carbonyl (C=O) groups excluding carboxylic acids is 1. The first-order chi connectivity index (χ1) is 19.4. The second-order valence-electron chi connectivity index (χ2n) is 9.34. The van der Waals surface area contributed by atoms with Crippen molar-refractivity contribution in [3.8, 4) is 16.9 Å². The van der Waals surface area contributed by atoms with Gasteiger partial charge < -0.3 is 25.3 Å². The number of benzene rings is 3. The number of amides is 1. The van der Waals surface area contributed by atoms with Gasteiger partial charge in [-0.1, -0.05) is 36.4 Å². The molecule has 0 atom stereocenters. The van der Waals surface area contributed by atoms with Gasteiger partial charge in [0.05, 0.1) is 29.3 Å². The lowest BCUT2D eigenvalue weighted by Crippen LogP contribution is -2.44. The van der Waals surface area contributed by atoms with Crippen LogP contribution in [0, 0.1) is 0 Å². The molecule has 13 nitrogen and oxygen atoms in total. The molecule has 15 heteroatoms. The fraction of sp³-hybridized carbons (Fsp3) is 0.259. The molecule has 0 saturated carbocycles. The highest BCUT2D eigenvalue weighted by Crippen LogP contribution is 2.29. The molecular weight excluding hydrogens is 590 g/mol. The van der Waals surface area contributed by atoms with Crippen LogP contribution in [-0.4, -0.2) is 98.7 Å². The smallest absolute Gasteiger partial charge is 0.337 e. The maximum atomic E-state index is 13.1. The molecule has 3 aromatic carbocycles. The number of likely N-dealkylation sites (N-methyl/N-ethyl adjacent to an activating group) is 1. The monoisotopic (exact) mass is 623 g/mol. The van der Waals surface area contributed by atoms with Crippen molar-refractivity contribution in [2.45, 2.75) is 0 Å². The zero-order chi connectivity index (χ0) is 31.7. The molecule has 1 heterocycles. The van der Waals surface area contributed by atoms with Gasteiger partial charge in [0.25, 0.3) is 26.1 Å². The molecule has 3 aromatic rings. The number of hydrogen-bond donors (Lipinski definition) is 5. The Bertz CT molecular complexity index is 1560. The predicted molar refractivity (Wildman–Crippen MR) is 160 cm³/mol. The van der Waals surface area contributed by atoms with Crippen LogP contribution < -0.4 is 10.2 Å². The number of phenols is 1. The van der Waals surface area contributed by atoms with Gasteiger partial charge in [-0.05, 0) is 48.5 Å². The van der Waals surface area contributed by atoms with E-state index in [4.69, 9.17) is 9.11 Å². The van der Waals surface area contributed by atoms with Gasteiger partial charge in [-0.25, -0.2) is 4.79 Å². The van der Waals surface area contributed by atoms with Crippen molar-refractivity contribution in [1.82, 2.24) is 4.90 Å². The van der Waals surface area contributed by atoms with Gasteiger partial charge >= 0.3 is 5.97 Å². The Morgan fingerprint density at radius 3 is 1.83 bits per heavy atom. The molecule has 0 unspecified atom stereocenters. The largest absolute Gasteiger partial charge is 0.507 e. The van der Waals surface area contributed by atoms with Crippen LogP contribution >= 0.6 is 0 Å². The molecule has 42 heavy (non-hydrogen) atoms. The summed E-state index contributed by atoms with van der Waals surface area (Å²) < 4.78 is 51.7. The molecule has 4 rings (SSSR count). The second kappa shape index (κ2) is 14.7. The van der Waals surface area contributed by atoms with E-state index in [2.05, 4.69) is 22.2 Å². The van der Waals surface area contributed by atoms with Crippen LogP contribution in [0.1, 0.15) is 20.7 Å². The van der Waals surface area contributed by atoms with Gasteiger partial charge in [-0.2, -0.15) is 16.8 Å². The minimum Gasteiger partial charge on any atom is -0.507 e. The molecule has 1 aliphatic heterocycles. The first kappa shape index (κ1) is 34.2. The molecule has 0 aromatic heterocycles. The lowest BCUT2D eigenvalue weighted by atomic mass is 10.0. The summed E-state index contributed by atoms with van der Waals surface area (Å²) in [6.45, 7) is 3.47. The molecule has 0 aliphatic carbocycles. The van der Waals surface area contributed by atoms with Gasteiger partial charge in [0.1, 0.15) is 5.75 Å². The summed E-state index contributed by atoms with van der Waals surface area (Å²) in [7, 11) is -5.27. The Labute approximate surface area is 244 Å². The number of hydrogen-bond acceptors (Lipinski definition) is 9. The Balaban J connectivity index is 0.000000533. The summed E-state index contributed by atoms with van der Waals surface area (Å²) in [6, 6.07) is 19.3. The van der Waals surface area contributed by atoms with Gasteiger partial charge in [0.15, 0.2) is 0 Å². The number of anilines is 2. The van der Waals surface area contributed by atoms with Crippen molar-refractivity contribution in [2.75, 3.05) is 56.0 Å². The van der Waals surface area contributed by atoms with E-state index in [0.717, 1.165) is 43.0 Å². The lowest BCUT2D eigenvalue weighted by Gasteiger charge is -2.34. The molecular formula is C27H33N3O10S2. The third-order valence-corrected chi connectivity index (χ3v) is 5.70. The number of aromatic carboxylic acids is 1. The van der Waals surface area contributed by atoms with E-state index in [9.17, 15) is 36.6 Å². The van der Waals surface area contributed by atoms with Crippen LogP contribution in [0.5, 0.6) is 5.75 Å². The van der Waals surface area contributed by atoms with Crippen LogP contribution in [0.4, 0.5) is 11.4 Å². The predicted octanol–water partition coefficient (Wildman–Crippen LogP) is 2.77. The van der Waals surface area contributed by atoms with E-state index in [-0.39, 0.29) is 22.6 Å². The van der Waals surface area contributed by atoms with Crippen LogP contribution in [0.3, 0.4) is 0 Å². The molecule has 1 amide bonds. The fourth-order valence-corrected chi connectivity index (χ4v) is 3.80. The van der Waals surface area contributed by atoms with Crippen molar-refractivity contribution in [2.24, 2.45) is 0 Å². The first-order valence-electron chi connectivity index (χ1n) is 12.3. The molecule has 0 radical (unpaired) electrons. The molecule has 228 valence electrons. The van der Waals surface area contributed by atoms with E-state index in [1.165, 1.54) is 12.1 Å². The van der Waals surface area contributed by atoms with Gasteiger partial charge in [-0.3, -0.25) is 13.9 Å². The highest BCUT2D eigenvalue weighted by molar-refractivity contribution is 7.85. The number of piperazine rings is 1. The Morgan fingerprint density at radius 2 is 1.31 bits per heavy atom. The van der Waals surface area contributed by atoms with Crippen LogP contribution in [-0.2, 0) is 20.2 Å². The number of phenolic OH excluding ortho intramolecular Hbond substituents is 1. The van der Waals surface area contributed by atoms with Crippen molar-refractivity contribution in [3.05, 3.63) is 77.9 Å². The summed E-state index contributed by atoms with van der Waals surface area (Å²) >= 11 is 0. The third-order valence-electron chi connectivity index (χ3n) is 5.70. The maximum absolute atomic E-state index is 13.1. The van der Waals surface area contributed by atoms with Crippen molar-refractivity contribution < 1.29 is 45.7 Å². The zero-order valence-corrected chi connectivity index (χ0v) is 24.8. The van der Waals surface area contributed by atoms with Crippen LogP contribution in [0.25, 0.3) is 11.1 Å². The van der Waals surface area contributed by atoms with Crippen LogP contribution in [0.2, 0.25) is 0 Å². The highest BCUT2D eigenvalue weighted by Gasteiger charge is 2.20. The van der Waals surface area contributed by atoms with Gasteiger partial charge in [-0.15, -0.1) is 0 Å². The summed E-state index contributed by atoms with van der Waals surface area (Å²) in [4.78, 5) is 29.2. The summed E-state index contributed by atoms with van der Waals surface area (Å²) in [5, 5.41) is 22.6.